The number of nitrogens with zero attached hydrogens (tertiary/aromatic N) is 4. The van der Waals surface area contributed by atoms with Crippen LogP contribution in [0.3, 0.4) is 0 Å². The summed E-state index contributed by atoms with van der Waals surface area (Å²) in [5.74, 6) is -0.466. The third kappa shape index (κ3) is 3.77. The number of aryl methyl sites for hydroxylation is 1. The van der Waals surface area contributed by atoms with Gasteiger partial charge in [0.15, 0.2) is 0 Å². The molecule has 4 rings (SSSR count). The number of halogens is 2. The number of carbonyl (C=O) groups excluding carboxylic acids is 1. The maximum atomic E-state index is 14.5. The summed E-state index contributed by atoms with van der Waals surface area (Å²) in [5, 5.41) is 2.76. The van der Waals surface area contributed by atoms with Crippen LogP contribution >= 0.6 is 0 Å². The highest BCUT2D eigenvalue weighted by molar-refractivity contribution is 5.92. The lowest BCUT2D eigenvalue weighted by Crippen LogP contribution is -2.25. The molecule has 0 atom stereocenters. The van der Waals surface area contributed by atoms with Gasteiger partial charge in [0.2, 0.25) is 0 Å². The molecule has 0 radical (unpaired) electrons. The summed E-state index contributed by atoms with van der Waals surface area (Å²) < 4.78 is 30.8. The van der Waals surface area contributed by atoms with E-state index in [0.29, 0.717) is 28.5 Å². The van der Waals surface area contributed by atoms with E-state index >= 15 is 0 Å². The quantitative estimate of drug-likeness (QED) is 0.564. The molecule has 146 valence electrons. The van der Waals surface area contributed by atoms with Gasteiger partial charge in [-0.05, 0) is 48.9 Å². The van der Waals surface area contributed by atoms with E-state index in [2.05, 4.69) is 15.3 Å². The van der Waals surface area contributed by atoms with Crippen LogP contribution in [0.1, 0.15) is 21.9 Å². The summed E-state index contributed by atoms with van der Waals surface area (Å²) in [6, 6.07) is 10.5. The van der Waals surface area contributed by atoms with Crippen molar-refractivity contribution in [2.75, 3.05) is 0 Å². The van der Waals surface area contributed by atoms with E-state index in [-0.39, 0.29) is 18.3 Å². The van der Waals surface area contributed by atoms with Crippen molar-refractivity contribution in [3.05, 3.63) is 96.1 Å². The lowest BCUT2D eigenvalue weighted by atomic mass is 10.2. The van der Waals surface area contributed by atoms with Crippen molar-refractivity contribution in [2.24, 2.45) is 0 Å². The van der Waals surface area contributed by atoms with Gasteiger partial charge >= 0.3 is 0 Å². The van der Waals surface area contributed by atoms with E-state index < -0.39 is 5.82 Å². The van der Waals surface area contributed by atoms with Crippen LogP contribution < -0.4 is 5.32 Å². The first-order valence-electron chi connectivity index (χ1n) is 8.88. The van der Waals surface area contributed by atoms with Gasteiger partial charge < -0.3 is 9.88 Å². The summed E-state index contributed by atoms with van der Waals surface area (Å²) in [7, 11) is 0. The molecule has 2 heterocycles. The molecule has 29 heavy (non-hydrogen) atoms. The summed E-state index contributed by atoms with van der Waals surface area (Å²) in [6.07, 6.45) is 6.19. The van der Waals surface area contributed by atoms with Crippen LogP contribution in [-0.2, 0) is 6.54 Å². The maximum Gasteiger partial charge on any atom is 0.270 e. The second kappa shape index (κ2) is 7.67. The second-order valence-electron chi connectivity index (χ2n) is 6.44. The zero-order chi connectivity index (χ0) is 20.4. The van der Waals surface area contributed by atoms with Crippen LogP contribution in [0.4, 0.5) is 8.78 Å². The number of aromatic nitrogens is 4. The summed E-state index contributed by atoms with van der Waals surface area (Å²) in [5.41, 5.74) is 1.91. The lowest BCUT2D eigenvalue weighted by molar-refractivity contribution is 0.0944. The number of rotatable bonds is 5. The highest BCUT2D eigenvalue weighted by Crippen LogP contribution is 2.17. The monoisotopic (exact) mass is 393 g/mol. The molecule has 0 saturated carbocycles. The topological polar surface area (TPSA) is 64.7 Å². The molecule has 0 spiro atoms. The van der Waals surface area contributed by atoms with E-state index in [1.807, 2.05) is 0 Å². The smallest absolute Gasteiger partial charge is 0.270 e. The molecule has 0 aliphatic rings. The Morgan fingerprint density at radius 1 is 1.10 bits per heavy atom. The average Bonchev–Trinajstić information content (AvgIpc) is 3.36. The van der Waals surface area contributed by atoms with Crippen molar-refractivity contribution in [1.29, 1.82) is 0 Å². The third-order valence-corrected chi connectivity index (χ3v) is 4.53. The number of benzene rings is 2. The number of amides is 1. The minimum atomic E-state index is -0.408. The zero-order valence-corrected chi connectivity index (χ0v) is 15.5. The largest absolute Gasteiger partial charge is 0.347 e. The van der Waals surface area contributed by atoms with Gasteiger partial charge in [0.25, 0.3) is 5.91 Å². The summed E-state index contributed by atoms with van der Waals surface area (Å²) >= 11 is 0. The summed E-state index contributed by atoms with van der Waals surface area (Å²) in [6.45, 7) is 1.94. The van der Waals surface area contributed by atoms with E-state index in [1.54, 1.807) is 52.7 Å². The fourth-order valence-electron chi connectivity index (χ4n) is 3.03. The van der Waals surface area contributed by atoms with Gasteiger partial charge in [-0.2, -0.15) is 0 Å². The molecule has 0 saturated heterocycles. The van der Waals surface area contributed by atoms with Crippen molar-refractivity contribution in [1.82, 2.24) is 24.4 Å². The average molecular weight is 393 g/mol. The number of nitrogens with one attached hydrogen (secondary N) is 1. The standard InChI is InChI=1S/C21H17F2N5O/c1-14-25-8-9-27(14)19-7-2-15(10-18(19)23)11-26-21(29)20-12-24-13-28(20)17-5-3-16(22)4-6-17/h2-10,12-13H,11H2,1H3,(H,26,29). The molecule has 0 fully saturated rings. The molecule has 1 amide bonds. The maximum absolute atomic E-state index is 14.5. The number of imidazole rings is 2. The van der Waals surface area contributed by atoms with Crippen molar-refractivity contribution < 1.29 is 13.6 Å². The normalized spacial score (nSPS) is 10.9. The first-order valence-corrected chi connectivity index (χ1v) is 8.88. The fraction of sp³-hybridized carbons (Fsp3) is 0.0952. The molecule has 1 N–H and O–H groups in total. The van der Waals surface area contributed by atoms with Gasteiger partial charge in [0.1, 0.15) is 23.2 Å². The highest BCUT2D eigenvalue weighted by atomic mass is 19.1. The SMILES string of the molecule is Cc1nccn1-c1ccc(CNC(=O)c2cncn2-c2ccc(F)cc2)cc1F. The van der Waals surface area contributed by atoms with Crippen LogP contribution in [0.25, 0.3) is 11.4 Å². The van der Waals surface area contributed by atoms with Gasteiger partial charge in [-0.25, -0.2) is 18.7 Å². The van der Waals surface area contributed by atoms with E-state index in [4.69, 9.17) is 0 Å². The van der Waals surface area contributed by atoms with Gasteiger partial charge in [-0.15, -0.1) is 0 Å². The Kier molecular flexibility index (Phi) is 4.90. The predicted molar refractivity (Wildman–Crippen MR) is 103 cm³/mol. The lowest BCUT2D eigenvalue weighted by Gasteiger charge is -2.11. The van der Waals surface area contributed by atoms with Crippen LogP contribution in [0, 0.1) is 18.6 Å². The Morgan fingerprint density at radius 3 is 2.59 bits per heavy atom. The molecular formula is C21H17F2N5O. The van der Waals surface area contributed by atoms with E-state index in [1.165, 1.54) is 30.7 Å². The molecule has 8 heteroatoms. The molecule has 0 bridgehead atoms. The van der Waals surface area contributed by atoms with Crippen molar-refractivity contribution in [3.63, 3.8) is 0 Å². The van der Waals surface area contributed by atoms with E-state index in [0.717, 1.165) is 0 Å². The Balaban J connectivity index is 1.48. The zero-order valence-electron chi connectivity index (χ0n) is 15.5. The number of hydrogen-bond acceptors (Lipinski definition) is 3. The minimum absolute atomic E-state index is 0.146. The number of hydrogen-bond donors (Lipinski definition) is 1. The third-order valence-electron chi connectivity index (χ3n) is 4.53. The first-order chi connectivity index (χ1) is 14.0. The van der Waals surface area contributed by atoms with E-state index in [9.17, 15) is 13.6 Å². The van der Waals surface area contributed by atoms with Crippen LogP contribution in [0.5, 0.6) is 0 Å². The Morgan fingerprint density at radius 2 is 1.90 bits per heavy atom. The highest BCUT2D eigenvalue weighted by Gasteiger charge is 2.14. The summed E-state index contributed by atoms with van der Waals surface area (Å²) in [4.78, 5) is 20.7. The molecule has 2 aromatic heterocycles. The van der Waals surface area contributed by atoms with Crippen LogP contribution in [0.15, 0.2) is 67.4 Å². The molecule has 4 aromatic rings. The van der Waals surface area contributed by atoms with Gasteiger partial charge in [-0.1, -0.05) is 6.07 Å². The number of carbonyl (C=O) groups is 1. The molecule has 0 unspecified atom stereocenters. The minimum Gasteiger partial charge on any atom is -0.347 e. The predicted octanol–water partition coefficient (Wildman–Crippen LogP) is 3.57. The van der Waals surface area contributed by atoms with Crippen molar-refractivity contribution in [3.8, 4) is 11.4 Å². The molecule has 0 aliphatic heterocycles. The Labute approximate surface area is 165 Å². The van der Waals surface area contributed by atoms with Crippen LogP contribution in [-0.4, -0.2) is 25.0 Å². The Hall–Kier alpha value is -3.81. The van der Waals surface area contributed by atoms with Crippen LogP contribution in [0.2, 0.25) is 0 Å². The Bertz CT molecular complexity index is 1160. The van der Waals surface area contributed by atoms with Gasteiger partial charge in [0.05, 0.1) is 18.2 Å². The molecular weight excluding hydrogens is 376 g/mol. The first kappa shape index (κ1) is 18.5. The molecule has 6 nitrogen and oxygen atoms in total. The molecule has 0 aliphatic carbocycles. The van der Waals surface area contributed by atoms with Crippen molar-refractivity contribution in [2.45, 2.75) is 13.5 Å². The fourth-order valence-corrected chi connectivity index (χ4v) is 3.03. The van der Waals surface area contributed by atoms with Gasteiger partial charge in [-0.3, -0.25) is 9.36 Å². The van der Waals surface area contributed by atoms with Crippen molar-refractivity contribution >= 4 is 5.91 Å². The van der Waals surface area contributed by atoms with Gasteiger partial charge in [0, 0.05) is 24.6 Å². The molecule has 2 aromatic carbocycles. The second-order valence-corrected chi connectivity index (χ2v) is 6.44.